The Balaban J connectivity index is 1.59. The van der Waals surface area contributed by atoms with E-state index in [2.05, 4.69) is 4.72 Å². The number of hydrogen-bond acceptors (Lipinski definition) is 6. The minimum absolute atomic E-state index is 0.00162. The molecule has 2 aromatic carbocycles. The zero-order valence-corrected chi connectivity index (χ0v) is 19.2. The standard InChI is InChI=1S/C23H22ClNO6S/c1-3-19(25-32(28,29)14-9-7-13(2)8-10-14)23(27)31-21-12-20-17(11-18(21)24)15-5-4-6-16(15)22(26)30-20/h7-12,19,25H,3-6H2,1-2H3. The van der Waals surface area contributed by atoms with Crippen LogP contribution in [0.1, 0.15) is 36.5 Å². The number of halogens is 1. The number of fused-ring (bicyclic) bond motifs is 3. The van der Waals surface area contributed by atoms with Crippen LogP contribution in [0.2, 0.25) is 5.02 Å². The van der Waals surface area contributed by atoms with E-state index in [1.807, 2.05) is 6.92 Å². The Morgan fingerprint density at radius 1 is 1.19 bits per heavy atom. The van der Waals surface area contributed by atoms with Crippen LogP contribution in [0.25, 0.3) is 11.0 Å². The van der Waals surface area contributed by atoms with Crippen molar-refractivity contribution < 1.29 is 22.4 Å². The molecule has 1 atom stereocenters. The van der Waals surface area contributed by atoms with Crippen molar-refractivity contribution in [1.29, 1.82) is 0 Å². The smallest absolute Gasteiger partial charge is 0.339 e. The van der Waals surface area contributed by atoms with Gasteiger partial charge in [0.1, 0.15) is 11.6 Å². The average molecular weight is 476 g/mol. The van der Waals surface area contributed by atoms with E-state index in [-0.39, 0.29) is 27.7 Å². The van der Waals surface area contributed by atoms with E-state index in [1.54, 1.807) is 25.1 Å². The lowest BCUT2D eigenvalue weighted by Gasteiger charge is -2.17. The molecule has 1 N–H and O–H groups in total. The molecule has 0 saturated heterocycles. The van der Waals surface area contributed by atoms with Gasteiger partial charge in [0.25, 0.3) is 0 Å². The largest absolute Gasteiger partial charge is 0.424 e. The van der Waals surface area contributed by atoms with Crippen LogP contribution in [0, 0.1) is 6.92 Å². The van der Waals surface area contributed by atoms with Crippen molar-refractivity contribution in [3.63, 3.8) is 0 Å². The fraction of sp³-hybridized carbons (Fsp3) is 0.304. The van der Waals surface area contributed by atoms with E-state index in [0.29, 0.717) is 17.4 Å². The fourth-order valence-electron chi connectivity index (χ4n) is 3.81. The van der Waals surface area contributed by atoms with Gasteiger partial charge >= 0.3 is 11.6 Å². The van der Waals surface area contributed by atoms with Crippen molar-refractivity contribution >= 4 is 38.6 Å². The number of rotatable bonds is 6. The predicted octanol–water partition coefficient (Wildman–Crippen LogP) is 3.91. The van der Waals surface area contributed by atoms with Gasteiger partial charge in [-0.1, -0.05) is 36.2 Å². The van der Waals surface area contributed by atoms with Gasteiger partial charge in [0.05, 0.1) is 9.92 Å². The summed E-state index contributed by atoms with van der Waals surface area (Å²) in [6, 6.07) is 8.17. The van der Waals surface area contributed by atoms with Crippen molar-refractivity contribution in [1.82, 2.24) is 4.72 Å². The third kappa shape index (κ3) is 4.30. The maximum Gasteiger partial charge on any atom is 0.339 e. The van der Waals surface area contributed by atoms with E-state index in [0.717, 1.165) is 24.0 Å². The molecule has 0 bridgehead atoms. The number of esters is 1. The molecule has 3 aromatic rings. The topological polar surface area (TPSA) is 103 Å². The second-order valence-corrected chi connectivity index (χ2v) is 9.92. The molecule has 4 rings (SSSR count). The summed E-state index contributed by atoms with van der Waals surface area (Å²) in [7, 11) is -3.93. The molecule has 7 nitrogen and oxygen atoms in total. The Hall–Kier alpha value is -2.68. The van der Waals surface area contributed by atoms with E-state index in [1.165, 1.54) is 18.2 Å². The van der Waals surface area contributed by atoms with Gasteiger partial charge in [-0.3, -0.25) is 0 Å². The normalized spacial score (nSPS) is 14.3. The minimum atomic E-state index is -3.93. The fourth-order valence-corrected chi connectivity index (χ4v) is 5.28. The maximum absolute atomic E-state index is 12.7. The molecule has 0 amide bonds. The van der Waals surface area contributed by atoms with Crippen molar-refractivity contribution in [2.45, 2.75) is 50.5 Å². The number of aryl methyl sites for hydroxylation is 2. The van der Waals surface area contributed by atoms with Gasteiger partial charge in [0.15, 0.2) is 5.75 Å². The summed E-state index contributed by atoms with van der Waals surface area (Å²) < 4.78 is 38.5. The lowest BCUT2D eigenvalue weighted by molar-refractivity contribution is -0.136. The molecule has 1 aromatic heterocycles. The molecule has 32 heavy (non-hydrogen) atoms. The maximum atomic E-state index is 12.7. The Morgan fingerprint density at radius 3 is 2.56 bits per heavy atom. The van der Waals surface area contributed by atoms with Gasteiger partial charge in [-0.15, -0.1) is 0 Å². The molecule has 168 valence electrons. The Labute approximate surface area is 190 Å². The molecule has 0 aliphatic heterocycles. The van der Waals surface area contributed by atoms with Crippen LogP contribution >= 0.6 is 11.6 Å². The van der Waals surface area contributed by atoms with Crippen LogP contribution in [-0.4, -0.2) is 20.4 Å². The van der Waals surface area contributed by atoms with Crippen LogP contribution in [0.3, 0.4) is 0 Å². The summed E-state index contributed by atoms with van der Waals surface area (Å²) in [6.07, 6.45) is 2.46. The number of benzene rings is 2. The highest BCUT2D eigenvalue weighted by Crippen LogP contribution is 2.35. The van der Waals surface area contributed by atoms with Crippen molar-refractivity contribution in [3.8, 4) is 5.75 Å². The molecule has 1 aliphatic rings. The zero-order chi connectivity index (χ0) is 23.0. The van der Waals surface area contributed by atoms with Crippen molar-refractivity contribution in [2.75, 3.05) is 0 Å². The van der Waals surface area contributed by atoms with Gasteiger partial charge in [-0.25, -0.2) is 18.0 Å². The van der Waals surface area contributed by atoms with E-state index < -0.39 is 27.7 Å². The summed E-state index contributed by atoms with van der Waals surface area (Å²) in [5, 5.41) is 0.888. The van der Waals surface area contributed by atoms with E-state index >= 15 is 0 Å². The predicted molar refractivity (Wildman–Crippen MR) is 121 cm³/mol. The number of nitrogens with one attached hydrogen (secondary N) is 1. The molecule has 0 saturated carbocycles. The molecular formula is C23H22ClNO6S. The molecule has 0 spiro atoms. The van der Waals surface area contributed by atoms with Gasteiger partial charge in [0.2, 0.25) is 10.0 Å². The Morgan fingerprint density at radius 2 is 1.88 bits per heavy atom. The number of ether oxygens (including phenoxy) is 1. The summed E-state index contributed by atoms with van der Waals surface area (Å²) >= 11 is 6.34. The summed E-state index contributed by atoms with van der Waals surface area (Å²) in [5.41, 5.74) is 2.36. The summed E-state index contributed by atoms with van der Waals surface area (Å²) in [5.74, 6) is -0.814. The zero-order valence-electron chi connectivity index (χ0n) is 17.6. The highest BCUT2D eigenvalue weighted by molar-refractivity contribution is 7.89. The Bertz CT molecular complexity index is 1360. The monoisotopic (exact) mass is 475 g/mol. The summed E-state index contributed by atoms with van der Waals surface area (Å²) in [6.45, 7) is 3.51. The van der Waals surface area contributed by atoms with Crippen LogP contribution in [0.5, 0.6) is 5.75 Å². The van der Waals surface area contributed by atoms with E-state index in [4.69, 9.17) is 20.8 Å². The van der Waals surface area contributed by atoms with Crippen LogP contribution in [-0.2, 0) is 27.7 Å². The molecule has 1 unspecified atom stereocenters. The van der Waals surface area contributed by atoms with Gasteiger partial charge in [-0.2, -0.15) is 4.72 Å². The highest BCUT2D eigenvalue weighted by Gasteiger charge is 2.27. The average Bonchev–Trinajstić information content (AvgIpc) is 3.24. The first kappa shape index (κ1) is 22.5. The first-order chi connectivity index (χ1) is 15.2. The van der Waals surface area contributed by atoms with E-state index in [9.17, 15) is 18.0 Å². The molecular weight excluding hydrogens is 454 g/mol. The van der Waals surface area contributed by atoms with Crippen molar-refractivity contribution in [3.05, 3.63) is 68.5 Å². The second kappa shape index (κ2) is 8.69. The third-order valence-corrected chi connectivity index (χ3v) is 7.34. The number of carbonyl (C=O) groups is 1. The molecule has 9 heteroatoms. The highest BCUT2D eigenvalue weighted by atomic mass is 35.5. The number of hydrogen-bond donors (Lipinski definition) is 1. The lowest BCUT2D eigenvalue weighted by Crippen LogP contribution is -2.42. The second-order valence-electron chi connectivity index (χ2n) is 7.80. The quantitative estimate of drug-likeness (QED) is 0.329. The molecule has 0 fully saturated rings. The minimum Gasteiger partial charge on any atom is -0.424 e. The first-order valence-corrected chi connectivity index (χ1v) is 12.1. The van der Waals surface area contributed by atoms with Gasteiger partial charge in [0, 0.05) is 17.0 Å². The number of carbonyl (C=O) groups excluding carboxylic acids is 1. The first-order valence-electron chi connectivity index (χ1n) is 10.3. The molecule has 0 radical (unpaired) electrons. The van der Waals surface area contributed by atoms with Crippen LogP contribution < -0.4 is 15.1 Å². The summed E-state index contributed by atoms with van der Waals surface area (Å²) in [4.78, 5) is 25.0. The van der Waals surface area contributed by atoms with Gasteiger partial charge in [-0.05, 0) is 56.4 Å². The van der Waals surface area contributed by atoms with Gasteiger partial charge < -0.3 is 9.15 Å². The molecule has 1 aliphatic carbocycles. The SMILES string of the molecule is CCC(NS(=O)(=O)c1ccc(C)cc1)C(=O)Oc1cc2oc(=O)c3c(c2cc1Cl)CCC3. The van der Waals surface area contributed by atoms with Crippen LogP contribution in [0.15, 0.2) is 50.5 Å². The van der Waals surface area contributed by atoms with Crippen LogP contribution in [0.4, 0.5) is 0 Å². The molecule has 1 heterocycles. The van der Waals surface area contributed by atoms with Crippen molar-refractivity contribution in [2.24, 2.45) is 0 Å². The third-order valence-electron chi connectivity index (χ3n) is 5.56. The Kier molecular flexibility index (Phi) is 6.11. The number of sulfonamides is 1. The lowest BCUT2D eigenvalue weighted by atomic mass is 10.1.